The molecule has 5 heteroatoms. The number of Topliss-reactive ketones (excluding diaryl/α,β-unsaturated/α-hetero) is 1. The molecule has 2 aromatic carbocycles. The van der Waals surface area contributed by atoms with Crippen molar-refractivity contribution < 1.29 is 19.0 Å². The SMILES string of the molecule is CCc1ccc(Oc2ccc(Cl)c(F)c2)cc1C1=C(O)C(C)(C)CCC1=O. The van der Waals surface area contributed by atoms with E-state index in [9.17, 15) is 14.3 Å². The first kappa shape index (κ1) is 19.4. The van der Waals surface area contributed by atoms with Crippen LogP contribution in [0.25, 0.3) is 5.57 Å². The van der Waals surface area contributed by atoms with Crippen LogP contribution in [0.2, 0.25) is 5.02 Å². The molecule has 0 fully saturated rings. The predicted octanol–water partition coefficient (Wildman–Crippen LogP) is 6.49. The zero-order chi connectivity index (χ0) is 19.8. The number of carbonyl (C=O) groups excluding carboxylic acids is 1. The Morgan fingerprint density at radius 1 is 1.19 bits per heavy atom. The number of allylic oxidation sites excluding steroid dienone is 2. The van der Waals surface area contributed by atoms with Crippen molar-refractivity contribution in [1.29, 1.82) is 0 Å². The lowest BCUT2D eigenvalue weighted by atomic mass is 9.74. The lowest BCUT2D eigenvalue weighted by Crippen LogP contribution is -2.25. The molecule has 1 aliphatic carbocycles. The smallest absolute Gasteiger partial charge is 0.166 e. The van der Waals surface area contributed by atoms with E-state index in [4.69, 9.17) is 16.3 Å². The van der Waals surface area contributed by atoms with Crippen LogP contribution in [0.15, 0.2) is 42.2 Å². The third-order valence-corrected chi connectivity index (χ3v) is 5.30. The van der Waals surface area contributed by atoms with E-state index in [1.54, 1.807) is 18.2 Å². The Balaban J connectivity index is 2.06. The largest absolute Gasteiger partial charge is 0.511 e. The number of carbonyl (C=O) groups is 1. The Bertz CT molecular complexity index is 931. The highest BCUT2D eigenvalue weighted by Gasteiger charge is 2.35. The number of ether oxygens (including phenoxy) is 1. The molecule has 0 saturated heterocycles. The fourth-order valence-electron chi connectivity index (χ4n) is 3.25. The normalized spacial score (nSPS) is 16.6. The third kappa shape index (κ3) is 3.86. The molecule has 2 aromatic rings. The van der Waals surface area contributed by atoms with E-state index in [1.165, 1.54) is 12.1 Å². The molecule has 0 radical (unpaired) electrons. The second-order valence-corrected chi connectivity index (χ2v) is 7.79. The Morgan fingerprint density at radius 2 is 1.85 bits per heavy atom. The Morgan fingerprint density at radius 3 is 2.52 bits per heavy atom. The van der Waals surface area contributed by atoms with Crippen LogP contribution in [0.3, 0.4) is 0 Å². The first-order valence-corrected chi connectivity index (χ1v) is 9.34. The van der Waals surface area contributed by atoms with Gasteiger partial charge >= 0.3 is 0 Å². The summed E-state index contributed by atoms with van der Waals surface area (Å²) in [6, 6.07) is 9.58. The molecule has 3 rings (SSSR count). The molecule has 142 valence electrons. The molecule has 0 bridgehead atoms. The van der Waals surface area contributed by atoms with Crippen LogP contribution < -0.4 is 4.74 Å². The molecule has 1 aliphatic rings. The van der Waals surface area contributed by atoms with Crippen molar-refractivity contribution in [3.63, 3.8) is 0 Å². The van der Waals surface area contributed by atoms with Crippen molar-refractivity contribution in [2.45, 2.75) is 40.0 Å². The van der Waals surface area contributed by atoms with Gasteiger partial charge in [0.1, 0.15) is 23.1 Å². The van der Waals surface area contributed by atoms with Crippen molar-refractivity contribution in [2.75, 3.05) is 0 Å². The summed E-state index contributed by atoms with van der Waals surface area (Å²) in [5, 5.41) is 10.8. The number of hydrogen-bond donors (Lipinski definition) is 1. The molecule has 0 amide bonds. The molecule has 1 N–H and O–H groups in total. The minimum absolute atomic E-state index is 0.0227. The van der Waals surface area contributed by atoms with Crippen molar-refractivity contribution in [2.24, 2.45) is 5.41 Å². The maximum Gasteiger partial charge on any atom is 0.166 e. The maximum atomic E-state index is 13.7. The van der Waals surface area contributed by atoms with Crippen LogP contribution in [0.1, 0.15) is 44.7 Å². The Kier molecular flexibility index (Phi) is 5.29. The third-order valence-electron chi connectivity index (χ3n) is 4.99. The van der Waals surface area contributed by atoms with Gasteiger partial charge in [-0.2, -0.15) is 0 Å². The molecule has 0 atom stereocenters. The van der Waals surface area contributed by atoms with Crippen LogP contribution in [0, 0.1) is 11.2 Å². The molecule has 0 aliphatic heterocycles. The standard InChI is InChI=1S/C22H22ClFO3/c1-4-13-5-6-14(27-15-7-8-17(23)18(24)12-15)11-16(13)20-19(25)9-10-22(2,3)21(20)26/h5-8,11-12,26H,4,9-10H2,1-3H3. The second kappa shape index (κ2) is 7.35. The van der Waals surface area contributed by atoms with Gasteiger partial charge < -0.3 is 9.84 Å². The van der Waals surface area contributed by atoms with Crippen LogP contribution in [-0.2, 0) is 11.2 Å². The van der Waals surface area contributed by atoms with Crippen LogP contribution in [-0.4, -0.2) is 10.9 Å². The highest BCUT2D eigenvalue weighted by molar-refractivity contribution is 6.30. The summed E-state index contributed by atoms with van der Waals surface area (Å²) in [7, 11) is 0. The summed E-state index contributed by atoms with van der Waals surface area (Å²) in [6.45, 7) is 5.85. The molecule has 0 heterocycles. The Labute approximate surface area is 163 Å². The van der Waals surface area contributed by atoms with Gasteiger partial charge in [-0.05, 0) is 48.2 Å². The molecule has 3 nitrogen and oxygen atoms in total. The number of halogens is 2. The van der Waals surface area contributed by atoms with Gasteiger partial charge in [0.15, 0.2) is 5.78 Å². The van der Waals surface area contributed by atoms with E-state index in [-0.39, 0.29) is 16.6 Å². The topological polar surface area (TPSA) is 46.5 Å². The predicted molar refractivity (Wildman–Crippen MR) is 105 cm³/mol. The second-order valence-electron chi connectivity index (χ2n) is 7.38. The summed E-state index contributed by atoms with van der Waals surface area (Å²) in [6.07, 6.45) is 1.71. The molecule has 0 unspecified atom stereocenters. The monoisotopic (exact) mass is 388 g/mol. The van der Waals surface area contributed by atoms with Gasteiger partial charge in [0.05, 0.1) is 10.6 Å². The molecule has 0 saturated carbocycles. The van der Waals surface area contributed by atoms with Gasteiger partial charge in [-0.15, -0.1) is 0 Å². The quantitative estimate of drug-likeness (QED) is 0.650. The van der Waals surface area contributed by atoms with E-state index in [0.29, 0.717) is 41.9 Å². The minimum Gasteiger partial charge on any atom is -0.511 e. The molecular formula is C22H22ClFO3. The lowest BCUT2D eigenvalue weighted by molar-refractivity contribution is -0.115. The number of aryl methyl sites for hydroxylation is 1. The van der Waals surface area contributed by atoms with Crippen LogP contribution >= 0.6 is 11.6 Å². The average molecular weight is 389 g/mol. The number of hydrogen-bond acceptors (Lipinski definition) is 3. The van der Waals surface area contributed by atoms with E-state index >= 15 is 0 Å². The number of aliphatic hydroxyl groups is 1. The number of ketones is 1. The number of benzene rings is 2. The van der Waals surface area contributed by atoms with Crippen molar-refractivity contribution in [3.8, 4) is 11.5 Å². The van der Waals surface area contributed by atoms with Gasteiger partial charge in [-0.25, -0.2) is 4.39 Å². The summed E-state index contributed by atoms with van der Waals surface area (Å²) < 4.78 is 19.4. The summed E-state index contributed by atoms with van der Waals surface area (Å²) >= 11 is 5.71. The van der Waals surface area contributed by atoms with E-state index in [1.807, 2.05) is 26.8 Å². The van der Waals surface area contributed by atoms with Gasteiger partial charge in [-0.1, -0.05) is 38.4 Å². The fraction of sp³-hybridized carbons (Fsp3) is 0.318. The lowest BCUT2D eigenvalue weighted by Gasteiger charge is -2.31. The summed E-state index contributed by atoms with van der Waals surface area (Å²) in [4.78, 5) is 12.6. The maximum absolute atomic E-state index is 13.7. The van der Waals surface area contributed by atoms with Crippen molar-refractivity contribution in [3.05, 3.63) is 64.1 Å². The van der Waals surface area contributed by atoms with Gasteiger partial charge in [0.2, 0.25) is 0 Å². The van der Waals surface area contributed by atoms with Crippen molar-refractivity contribution in [1.82, 2.24) is 0 Å². The first-order valence-electron chi connectivity index (χ1n) is 8.96. The van der Waals surface area contributed by atoms with Gasteiger partial charge in [-0.3, -0.25) is 4.79 Å². The van der Waals surface area contributed by atoms with E-state index in [2.05, 4.69) is 0 Å². The van der Waals surface area contributed by atoms with Gasteiger partial charge in [0.25, 0.3) is 0 Å². The zero-order valence-corrected chi connectivity index (χ0v) is 16.4. The zero-order valence-electron chi connectivity index (χ0n) is 15.6. The minimum atomic E-state index is -0.566. The molecule has 0 aromatic heterocycles. The molecule has 27 heavy (non-hydrogen) atoms. The highest BCUT2D eigenvalue weighted by Crippen LogP contribution is 2.42. The Hall–Kier alpha value is -2.33. The average Bonchev–Trinajstić information content (AvgIpc) is 2.62. The first-order chi connectivity index (χ1) is 12.7. The van der Waals surface area contributed by atoms with Crippen LogP contribution in [0.4, 0.5) is 4.39 Å². The van der Waals surface area contributed by atoms with E-state index < -0.39 is 11.2 Å². The van der Waals surface area contributed by atoms with Gasteiger partial charge in [0, 0.05) is 17.9 Å². The van der Waals surface area contributed by atoms with Crippen molar-refractivity contribution >= 4 is 23.0 Å². The fourth-order valence-corrected chi connectivity index (χ4v) is 3.37. The van der Waals surface area contributed by atoms with Crippen LogP contribution in [0.5, 0.6) is 11.5 Å². The summed E-state index contributed by atoms with van der Waals surface area (Å²) in [5.74, 6) is 0.240. The van der Waals surface area contributed by atoms with E-state index in [0.717, 1.165) is 5.56 Å². The number of aliphatic hydroxyl groups excluding tert-OH is 1. The summed E-state index contributed by atoms with van der Waals surface area (Å²) in [5.41, 5.74) is 1.51. The number of rotatable bonds is 4. The highest BCUT2D eigenvalue weighted by atomic mass is 35.5. The molecule has 0 spiro atoms. The molecular weight excluding hydrogens is 367 g/mol.